The molecule has 2 rings (SSSR count). The van der Waals surface area contributed by atoms with Crippen LogP contribution in [0.15, 0.2) is 46.9 Å². The molecule has 0 radical (unpaired) electrons. The van der Waals surface area contributed by atoms with Crippen molar-refractivity contribution in [1.82, 2.24) is 10.2 Å². The van der Waals surface area contributed by atoms with Crippen LogP contribution >= 0.6 is 15.9 Å². The second kappa shape index (κ2) is 10.6. The second-order valence-corrected chi connectivity index (χ2v) is 8.67. The van der Waals surface area contributed by atoms with Gasteiger partial charge in [-0.15, -0.1) is 0 Å². The summed E-state index contributed by atoms with van der Waals surface area (Å²) in [5, 5.41) is 3.00. The van der Waals surface area contributed by atoms with Crippen LogP contribution in [-0.4, -0.2) is 28.8 Å². The zero-order valence-electron chi connectivity index (χ0n) is 18.0. The van der Waals surface area contributed by atoms with E-state index in [4.69, 9.17) is 0 Å². The predicted octanol–water partition coefficient (Wildman–Crippen LogP) is 4.94. The van der Waals surface area contributed by atoms with Gasteiger partial charge in [-0.2, -0.15) is 0 Å². The Labute approximate surface area is 182 Å². The van der Waals surface area contributed by atoms with E-state index in [1.54, 1.807) is 11.8 Å². The van der Waals surface area contributed by atoms with Gasteiger partial charge in [-0.05, 0) is 62.9 Å². The number of amides is 2. The van der Waals surface area contributed by atoms with E-state index in [0.29, 0.717) is 6.54 Å². The normalized spacial score (nSPS) is 12.9. The lowest BCUT2D eigenvalue weighted by molar-refractivity contribution is -0.140. The summed E-state index contributed by atoms with van der Waals surface area (Å²) in [7, 11) is 0. The summed E-state index contributed by atoms with van der Waals surface area (Å²) in [6, 6.07) is 13.5. The van der Waals surface area contributed by atoms with Crippen LogP contribution in [0.25, 0.3) is 0 Å². The Morgan fingerprint density at radius 3 is 2.48 bits per heavy atom. The van der Waals surface area contributed by atoms with Crippen molar-refractivity contribution < 1.29 is 9.59 Å². The smallest absolute Gasteiger partial charge is 0.242 e. The van der Waals surface area contributed by atoms with Crippen LogP contribution < -0.4 is 5.32 Å². The van der Waals surface area contributed by atoms with Crippen molar-refractivity contribution in [3.05, 3.63) is 69.2 Å². The molecule has 0 aliphatic rings. The summed E-state index contributed by atoms with van der Waals surface area (Å²) in [6.45, 7) is 10.2. The average Bonchev–Trinajstić information content (AvgIpc) is 2.68. The maximum absolute atomic E-state index is 13.3. The zero-order valence-corrected chi connectivity index (χ0v) is 19.5. The molecule has 0 aromatic heterocycles. The van der Waals surface area contributed by atoms with Crippen molar-refractivity contribution >= 4 is 27.7 Å². The molecule has 29 heavy (non-hydrogen) atoms. The third kappa shape index (κ3) is 6.70. The minimum Gasteiger partial charge on any atom is -0.352 e. The summed E-state index contributed by atoms with van der Waals surface area (Å²) in [5.74, 6) is -0.172. The molecule has 5 heteroatoms. The van der Waals surface area contributed by atoms with Gasteiger partial charge < -0.3 is 10.2 Å². The molecule has 0 aliphatic carbocycles. The van der Waals surface area contributed by atoms with Gasteiger partial charge in [0.25, 0.3) is 0 Å². The maximum atomic E-state index is 13.3. The molecule has 2 aromatic carbocycles. The Balaban J connectivity index is 2.28. The van der Waals surface area contributed by atoms with Crippen molar-refractivity contribution in [2.45, 2.75) is 66.1 Å². The number of rotatable bonds is 8. The lowest BCUT2D eigenvalue weighted by Crippen LogP contribution is -2.49. The first kappa shape index (κ1) is 23.1. The minimum atomic E-state index is -0.555. The molecular formula is C24H31BrN2O2. The number of benzene rings is 2. The van der Waals surface area contributed by atoms with Crippen molar-refractivity contribution in [3.8, 4) is 0 Å². The van der Waals surface area contributed by atoms with Gasteiger partial charge in [-0.25, -0.2) is 0 Å². The van der Waals surface area contributed by atoms with Crippen molar-refractivity contribution in [1.29, 1.82) is 0 Å². The van der Waals surface area contributed by atoms with Crippen LogP contribution in [0.5, 0.6) is 0 Å². The summed E-state index contributed by atoms with van der Waals surface area (Å²) >= 11 is 3.49. The monoisotopic (exact) mass is 458 g/mol. The van der Waals surface area contributed by atoms with Gasteiger partial charge in [0.2, 0.25) is 11.8 Å². The van der Waals surface area contributed by atoms with E-state index < -0.39 is 6.04 Å². The third-order valence-electron chi connectivity index (χ3n) is 5.26. The maximum Gasteiger partial charge on any atom is 0.242 e. The Hall–Kier alpha value is -2.14. The Kier molecular flexibility index (Phi) is 8.45. The molecule has 2 aromatic rings. The SMILES string of the molecule is CC[C@H](C)NC(=O)[C@H](C)N(Cc1cccc(Br)c1)C(=O)Cc1cc(C)ccc1C. The number of aryl methyl sites for hydroxylation is 2. The number of carbonyl (C=O) groups is 2. The van der Waals surface area contributed by atoms with E-state index in [1.807, 2.05) is 64.1 Å². The molecule has 156 valence electrons. The van der Waals surface area contributed by atoms with E-state index in [-0.39, 0.29) is 24.3 Å². The van der Waals surface area contributed by atoms with Crippen molar-refractivity contribution in [2.24, 2.45) is 0 Å². The first-order valence-electron chi connectivity index (χ1n) is 10.1. The number of carbonyl (C=O) groups excluding carboxylic acids is 2. The topological polar surface area (TPSA) is 49.4 Å². The van der Waals surface area contributed by atoms with E-state index in [2.05, 4.69) is 27.3 Å². The molecule has 0 unspecified atom stereocenters. The summed E-state index contributed by atoms with van der Waals surface area (Å²) in [6.07, 6.45) is 1.13. The Bertz CT molecular complexity index is 866. The van der Waals surface area contributed by atoms with Crippen molar-refractivity contribution in [2.75, 3.05) is 0 Å². The molecule has 2 atom stereocenters. The van der Waals surface area contributed by atoms with Gasteiger partial charge in [0.1, 0.15) is 6.04 Å². The number of nitrogens with one attached hydrogen (secondary N) is 1. The van der Waals surface area contributed by atoms with Crippen LogP contribution in [0.2, 0.25) is 0 Å². The van der Waals surface area contributed by atoms with Gasteiger partial charge in [0.15, 0.2) is 0 Å². The Morgan fingerprint density at radius 2 is 1.83 bits per heavy atom. The fourth-order valence-corrected chi connectivity index (χ4v) is 3.58. The quantitative estimate of drug-likeness (QED) is 0.608. The highest BCUT2D eigenvalue weighted by atomic mass is 79.9. The second-order valence-electron chi connectivity index (χ2n) is 7.75. The number of hydrogen-bond donors (Lipinski definition) is 1. The highest BCUT2D eigenvalue weighted by Crippen LogP contribution is 2.18. The average molecular weight is 459 g/mol. The number of hydrogen-bond acceptors (Lipinski definition) is 2. The molecule has 0 bridgehead atoms. The van der Waals surface area contributed by atoms with E-state index in [9.17, 15) is 9.59 Å². The molecular weight excluding hydrogens is 428 g/mol. The van der Waals surface area contributed by atoms with Gasteiger partial charge in [-0.1, -0.05) is 58.7 Å². The Morgan fingerprint density at radius 1 is 1.10 bits per heavy atom. The van der Waals surface area contributed by atoms with Gasteiger partial charge in [0.05, 0.1) is 6.42 Å². The van der Waals surface area contributed by atoms with Crippen LogP contribution in [-0.2, 0) is 22.6 Å². The van der Waals surface area contributed by atoms with Gasteiger partial charge >= 0.3 is 0 Å². The minimum absolute atomic E-state index is 0.0505. The van der Waals surface area contributed by atoms with Crippen LogP contribution in [0, 0.1) is 13.8 Å². The van der Waals surface area contributed by atoms with Crippen molar-refractivity contribution in [3.63, 3.8) is 0 Å². The fourth-order valence-electron chi connectivity index (χ4n) is 3.14. The molecule has 0 aliphatic heterocycles. The largest absolute Gasteiger partial charge is 0.352 e. The van der Waals surface area contributed by atoms with Crippen LogP contribution in [0.3, 0.4) is 0 Å². The van der Waals surface area contributed by atoms with Crippen LogP contribution in [0.1, 0.15) is 49.4 Å². The van der Waals surface area contributed by atoms with Gasteiger partial charge in [-0.3, -0.25) is 9.59 Å². The molecule has 0 saturated heterocycles. The summed E-state index contributed by atoms with van der Waals surface area (Å²) in [5.41, 5.74) is 4.20. The van der Waals surface area contributed by atoms with Gasteiger partial charge in [0, 0.05) is 17.1 Å². The number of nitrogens with zero attached hydrogens (tertiary/aromatic N) is 1. The molecule has 0 saturated carbocycles. The summed E-state index contributed by atoms with van der Waals surface area (Å²) in [4.78, 5) is 27.8. The fraction of sp³-hybridized carbons (Fsp3) is 0.417. The first-order chi connectivity index (χ1) is 13.7. The highest BCUT2D eigenvalue weighted by Gasteiger charge is 2.27. The lowest BCUT2D eigenvalue weighted by Gasteiger charge is -2.30. The van der Waals surface area contributed by atoms with E-state index in [1.165, 1.54) is 0 Å². The molecule has 4 nitrogen and oxygen atoms in total. The van der Waals surface area contributed by atoms with E-state index >= 15 is 0 Å². The zero-order chi connectivity index (χ0) is 21.6. The third-order valence-corrected chi connectivity index (χ3v) is 5.75. The highest BCUT2D eigenvalue weighted by molar-refractivity contribution is 9.10. The standard InChI is InChI=1S/C24H31BrN2O2/c1-6-18(4)26-24(29)19(5)27(15-20-8-7-9-22(25)13-20)23(28)14-21-12-16(2)10-11-17(21)3/h7-13,18-19H,6,14-15H2,1-5H3,(H,26,29)/t18-,19-/m0/s1. The molecule has 0 spiro atoms. The van der Waals surface area contributed by atoms with Crippen LogP contribution in [0.4, 0.5) is 0 Å². The summed E-state index contributed by atoms with van der Waals surface area (Å²) < 4.78 is 0.952. The molecule has 1 N–H and O–H groups in total. The lowest BCUT2D eigenvalue weighted by atomic mass is 10.0. The number of halogens is 1. The first-order valence-corrected chi connectivity index (χ1v) is 10.9. The predicted molar refractivity (Wildman–Crippen MR) is 122 cm³/mol. The van der Waals surface area contributed by atoms with E-state index in [0.717, 1.165) is 33.1 Å². The molecule has 2 amide bonds. The molecule has 0 fully saturated rings. The molecule has 0 heterocycles.